The standard InChI is InChI=1S/C15H11ClN4O3S/c1-19-11-4-2-3-5-13(11)24-15(19)18-17-8-9-6-10(16)7-12(14(9)21)20(22)23/h2-8,21H,1H3/p-1/b17-8-,18-15+. The second-order valence-corrected chi connectivity index (χ2v) is 6.30. The van der Waals surface area contributed by atoms with Gasteiger partial charge in [0.15, 0.2) is 0 Å². The minimum atomic E-state index is -0.769. The SMILES string of the molecule is Cn1/c(=N\N=C/c2cc(Cl)cc([N+](=O)[O-])c2[O-])sc2ccccc21. The number of halogens is 1. The van der Waals surface area contributed by atoms with Gasteiger partial charge in [0.1, 0.15) is 0 Å². The maximum absolute atomic E-state index is 12.0. The van der Waals surface area contributed by atoms with Gasteiger partial charge in [-0.3, -0.25) is 10.1 Å². The highest BCUT2D eigenvalue weighted by molar-refractivity contribution is 7.16. The smallest absolute Gasteiger partial charge is 0.263 e. The molecule has 2 aromatic carbocycles. The predicted octanol–water partition coefficient (Wildman–Crippen LogP) is 2.81. The molecular weight excluding hydrogens is 352 g/mol. The molecule has 1 aromatic heterocycles. The van der Waals surface area contributed by atoms with Crippen molar-refractivity contribution in [3.8, 4) is 5.75 Å². The van der Waals surface area contributed by atoms with Crippen molar-refractivity contribution in [3.63, 3.8) is 0 Å². The molecule has 0 radical (unpaired) electrons. The van der Waals surface area contributed by atoms with Crippen molar-refractivity contribution in [1.82, 2.24) is 4.57 Å². The second-order valence-electron chi connectivity index (χ2n) is 4.86. The first-order chi connectivity index (χ1) is 11.5. The molecule has 0 bridgehead atoms. The van der Waals surface area contributed by atoms with E-state index >= 15 is 0 Å². The molecule has 1 heterocycles. The van der Waals surface area contributed by atoms with Crippen molar-refractivity contribution in [2.45, 2.75) is 0 Å². The van der Waals surface area contributed by atoms with Crippen LogP contribution in [0.4, 0.5) is 5.69 Å². The Morgan fingerprint density at radius 2 is 2.08 bits per heavy atom. The Morgan fingerprint density at radius 3 is 2.79 bits per heavy atom. The van der Waals surface area contributed by atoms with E-state index in [1.165, 1.54) is 23.6 Å². The number of hydrogen-bond donors (Lipinski definition) is 0. The minimum Gasteiger partial charge on any atom is -0.867 e. The first-order valence-corrected chi connectivity index (χ1v) is 7.93. The highest BCUT2D eigenvalue weighted by Crippen LogP contribution is 2.29. The first kappa shape index (κ1) is 16.2. The van der Waals surface area contributed by atoms with E-state index in [4.69, 9.17) is 11.6 Å². The summed E-state index contributed by atoms with van der Waals surface area (Å²) in [5, 5.41) is 30.9. The molecule has 3 rings (SSSR count). The Labute approximate surface area is 144 Å². The van der Waals surface area contributed by atoms with Crippen molar-refractivity contribution in [2.24, 2.45) is 17.3 Å². The molecule has 0 spiro atoms. The van der Waals surface area contributed by atoms with Crippen LogP contribution in [-0.4, -0.2) is 15.7 Å². The molecule has 0 fully saturated rings. The van der Waals surface area contributed by atoms with Crippen molar-refractivity contribution in [1.29, 1.82) is 0 Å². The summed E-state index contributed by atoms with van der Waals surface area (Å²) in [5.74, 6) is -0.746. The molecule has 0 amide bonds. The fourth-order valence-corrected chi connectivity index (χ4v) is 3.35. The van der Waals surface area contributed by atoms with Crippen LogP contribution in [0.5, 0.6) is 5.75 Å². The molecule has 0 atom stereocenters. The van der Waals surface area contributed by atoms with E-state index in [0.717, 1.165) is 16.3 Å². The molecule has 0 aliphatic rings. The summed E-state index contributed by atoms with van der Waals surface area (Å²) < 4.78 is 2.92. The summed E-state index contributed by atoms with van der Waals surface area (Å²) in [6.45, 7) is 0. The number of aryl methyl sites for hydroxylation is 1. The summed E-state index contributed by atoms with van der Waals surface area (Å²) in [5.41, 5.74) is 0.442. The third-order valence-electron chi connectivity index (χ3n) is 3.31. The number of rotatable bonds is 3. The number of nitro groups is 1. The normalized spacial score (nSPS) is 12.3. The molecular formula is C15H10ClN4O3S-. The lowest BCUT2D eigenvalue weighted by atomic mass is 10.2. The third-order valence-corrected chi connectivity index (χ3v) is 4.64. The van der Waals surface area contributed by atoms with Gasteiger partial charge >= 0.3 is 0 Å². The van der Waals surface area contributed by atoms with E-state index in [1.807, 2.05) is 35.9 Å². The average molecular weight is 362 g/mol. The minimum absolute atomic E-state index is 0.0155. The quantitative estimate of drug-likeness (QED) is 0.407. The number of nitrogens with zero attached hydrogens (tertiary/aromatic N) is 4. The average Bonchev–Trinajstić information content (AvgIpc) is 2.87. The van der Waals surface area contributed by atoms with Crippen LogP contribution in [-0.2, 0) is 7.05 Å². The molecule has 24 heavy (non-hydrogen) atoms. The van der Waals surface area contributed by atoms with Gasteiger partial charge in [-0.15, -0.1) is 5.10 Å². The van der Waals surface area contributed by atoms with Crippen LogP contribution < -0.4 is 9.91 Å². The van der Waals surface area contributed by atoms with Gasteiger partial charge in [0, 0.05) is 18.1 Å². The van der Waals surface area contributed by atoms with Gasteiger partial charge in [0.05, 0.1) is 21.4 Å². The van der Waals surface area contributed by atoms with Crippen LogP contribution in [0, 0.1) is 10.1 Å². The zero-order chi connectivity index (χ0) is 17.3. The monoisotopic (exact) mass is 361 g/mol. The summed E-state index contributed by atoms with van der Waals surface area (Å²) in [6.07, 6.45) is 1.17. The topological polar surface area (TPSA) is 95.8 Å². The van der Waals surface area contributed by atoms with Crippen molar-refractivity contribution < 1.29 is 10.0 Å². The fourth-order valence-electron chi connectivity index (χ4n) is 2.15. The van der Waals surface area contributed by atoms with Crippen molar-refractivity contribution in [2.75, 3.05) is 0 Å². The number of fused-ring (bicyclic) bond motifs is 1. The predicted molar refractivity (Wildman–Crippen MR) is 91.5 cm³/mol. The van der Waals surface area contributed by atoms with Gasteiger partial charge in [-0.05, 0) is 29.5 Å². The Balaban J connectivity index is 2.02. The van der Waals surface area contributed by atoms with E-state index in [2.05, 4.69) is 10.2 Å². The van der Waals surface area contributed by atoms with Gasteiger partial charge in [0.2, 0.25) is 4.80 Å². The van der Waals surface area contributed by atoms with Crippen LogP contribution in [0.3, 0.4) is 0 Å². The molecule has 7 nitrogen and oxygen atoms in total. The molecule has 0 N–H and O–H groups in total. The van der Waals surface area contributed by atoms with Crippen LogP contribution in [0.2, 0.25) is 5.02 Å². The fraction of sp³-hybridized carbons (Fsp3) is 0.0667. The lowest BCUT2D eigenvalue weighted by Gasteiger charge is -2.10. The van der Waals surface area contributed by atoms with Crippen LogP contribution >= 0.6 is 22.9 Å². The van der Waals surface area contributed by atoms with Crippen LogP contribution in [0.15, 0.2) is 46.6 Å². The largest absolute Gasteiger partial charge is 0.867 e. The molecule has 0 aliphatic carbocycles. The number of benzene rings is 2. The Hall–Kier alpha value is -2.71. The maximum Gasteiger partial charge on any atom is 0.263 e. The second kappa shape index (κ2) is 6.42. The van der Waals surface area contributed by atoms with Gasteiger partial charge < -0.3 is 9.67 Å². The first-order valence-electron chi connectivity index (χ1n) is 6.74. The van der Waals surface area contributed by atoms with Gasteiger partial charge in [-0.2, -0.15) is 5.10 Å². The van der Waals surface area contributed by atoms with E-state index in [0.29, 0.717) is 4.80 Å². The zero-order valence-corrected chi connectivity index (χ0v) is 13.9. The lowest BCUT2D eigenvalue weighted by molar-refractivity contribution is -0.398. The lowest BCUT2D eigenvalue weighted by Crippen LogP contribution is -2.09. The van der Waals surface area contributed by atoms with Crippen molar-refractivity contribution >= 4 is 45.1 Å². The number of hydrogen-bond acceptors (Lipinski definition) is 6. The van der Waals surface area contributed by atoms with Gasteiger partial charge in [-0.1, -0.05) is 35.1 Å². The summed E-state index contributed by atoms with van der Waals surface area (Å²) in [6, 6.07) is 10.1. The molecule has 0 unspecified atom stereocenters. The molecule has 9 heteroatoms. The maximum atomic E-state index is 12.0. The third kappa shape index (κ3) is 3.01. The zero-order valence-electron chi connectivity index (χ0n) is 12.3. The van der Waals surface area contributed by atoms with Gasteiger partial charge in [-0.25, -0.2) is 0 Å². The summed E-state index contributed by atoms with van der Waals surface area (Å²) in [4.78, 5) is 10.7. The van der Waals surface area contributed by atoms with Crippen molar-refractivity contribution in [3.05, 3.63) is 61.9 Å². The summed E-state index contributed by atoms with van der Waals surface area (Å²) >= 11 is 7.25. The molecule has 3 aromatic rings. The van der Waals surface area contributed by atoms with Crippen LogP contribution in [0.25, 0.3) is 10.2 Å². The Kier molecular flexibility index (Phi) is 4.32. The van der Waals surface area contributed by atoms with Crippen LogP contribution in [0.1, 0.15) is 5.56 Å². The molecule has 0 saturated heterocycles. The van der Waals surface area contributed by atoms with E-state index in [9.17, 15) is 15.2 Å². The van der Waals surface area contributed by atoms with E-state index < -0.39 is 16.4 Å². The summed E-state index contributed by atoms with van der Waals surface area (Å²) in [7, 11) is 1.86. The number of nitro benzene ring substituents is 1. The molecule has 0 aliphatic heterocycles. The molecule has 0 saturated carbocycles. The highest BCUT2D eigenvalue weighted by Gasteiger charge is 2.11. The van der Waals surface area contributed by atoms with E-state index in [-0.39, 0.29) is 10.6 Å². The highest BCUT2D eigenvalue weighted by atomic mass is 35.5. The number of para-hydroxylation sites is 1. The van der Waals surface area contributed by atoms with Gasteiger partial charge in [0.25, 0.3) is 5.69 Å². The van der Waals surface area contributed by atoms with E-state index in [1.54, 1.807) is 0 Å². The number of thiazole rings is 1. The Bertz CT molecular complexity index is 1040. The molecule has 122 valence electrons. The Morgan fingerprint density at radius 1 is 1.33 bits per heavy atom. The number of aromatic nitrogens is 1.